The Hall–Kier alpha value is -1.43. The van der Waals surface area contributed by atoms with Gasteiger partial charge in [-0.25, -0.2) is 4.98 Å². The number of nitrogens with one attached hydrogen (secondary N) is 1. The Kier molecular flexibility index (Phi) is 4.52. The van der Waals surface area contributed by atoms with Gasteiger partial charge in [0.25, 0.3) is 0 Å². The van der Waals surface area contributed by atoms with Crippen molar-refractivity contribution in [2.24, 2.45) is 0 Å². The maximum atomic E-state index is 11.9. The van der Waals surface area contributed by atoms with Gasteiger partial charge in [0.05, 0.1) is 18.7 Å². The second kappa shape index (κ2) is 6.14. The number of aliphatic hydroxyl groups excluding tert-OH is 1. The molecule has 0 atom stereocenters. The van der Waals surface area contributed by atoms with Crippen LogP contribution in [0.25, 0.3) is 0 Å². The SMILES string of the molecule is Cc1cc(Cl)ccc1NC(=O)Cc1nc(CO)cs1. The highest BCUT2D eigenvalue weighted by atomic mass is 35.5. The molecule has 0 saturated carbocycles. The topological polar surface area (TPSA) is 62.2 Å². The van der Waals surface area contributed by atoms with Gasteiger partial charge in [-0.15, -0.1) is 11.3 Å². The summed E-state index contributed by atoms with van der Waals surface area (Å²) in [6.07, 6.45) is 0.201. The molecule has 0 aliphatic rings. The number of aliphatic hydroxyl groups is 1. The molecule has 6 heteroatoms. The molecular weight excluding hydrogens is 284 g/mol. The lowest BCUT2D eigenvalue weighted by molar-refractivity contribution is -0.115. The van der Waals surface area contributed by atoms with Crippen LogP contribution in [0.3, 0.4) is 0 Å². The Morgan fingerprint density at radius 3 is 2.95 bits per heavy atom. The van der Waals surface area contributed by atoms with Crippen molar-refractivity contribution in [2.75, 3.05) is 5.32 Å². The predicted octanol–water partition coefficient (Wildman–Crippen LogP) is 2.78. The molecule has 1 aromatic heterocycles. The second-order valence-corrected chi connectivity index (χ2v) is 5.45. The first kappa shape index (κ1) is 14.0. The molecule has 1 aromatic carbocycles. The molecule has 0 unspecified atom stereocenters. The van der Waals surface area contributed by atoms with Crippen LogP contribution in [0.1, 0.15) is 16.3 Å². The summed E-state index contributed by atoms with van der Waals surface area (Å²) < 4.78 is 0. The van der Waals surface area contributed by atoms with E-state index in [1.54, 1.807) is 23.6 Å². The van der Waals surface area contributed by atoms with Crippen molar-refractivity contribution in [1.82, 2.24) is 4.98 Å². The predicted molar refractivity (Wildman–Crippen MR) is 76.6 cm³/mol. The van der Waals surface area contributed by atoms with Gasteiger partial charge >= 0.3 is 0 Å². The Morgan fingerprint density at radius 2 is 2.32 bits per heavy atom. The van der Waals surface area contributed by atoms with Gasteiger partial charge < -0.3 is 10.4 Å². The van der Waals surface area contributed by atoms with Gasteiger partial charge in [-0.2, -0.15) is 0 Å². The van der Waals surface area contributed by atoms with E-state index in [-0.39, 0.29) is 18.9 Å². The first-order valence-electron chi connectivity index (χ1n) is 5.68. The van der Waals surface area contributed by atoms with E-state index in [1.165, 1.54) is 11.3 Å². The summed E-state index contributed by atoms with van der Waals surface area (Å²) in [6.45, 7) is 1.78. The molecule has 0 fully saturated rings. The summed E-state index contributed by atoms with van der Waals surface area (Å²) in [4.78, 5) is 16.0. The van der Waals surface area contributed by atoms with E-state index in [1.807, 2.05) is 6.92 Å². The first-order valence-corrected chi connectivity index (χ1v) is 6.94. The maximum Gasteiger partial charge on any atom is 0.231 e. The van der Waals surface area contributed by atoms with Gasteiger partial charge in [0, 0.05) is 16.1 Å². The van der Waals surface area contributed by atoms with Crippen LogP contribution in [0.5, 0.6) is 0 Å². The lowest BCUT2D eigenvalue weighted by Gasteiger charge is -2.07. The maximum absolute atomic E-state index is 11.9. The zero-order valence-corrected chi connectivity index (χ0v) is 11.9. The molecule has 2 aromatic rings. The van der Waals surface area contributed by atoms with E-state index in [9.17, 15) is 4.79 Å². The van der Waals surface area contributed by atoms with E-state index in [0.29, 0.717) is 15.7 Å². The van der Waals surface area contributed by atoms with Crippen molar-refractivity contribution >= 4 is 34.5 Å². The molecule has 1 amide bonds. The molecule has 0 radical (unpaired) electrons. The number of benzene rings is 1. The molecule has 0 saturated heterocycles. The number of anilines is 1. The van der Waals surface area contributed by atoms with Crippen LogP contribution < -0.4 is 5.32 Å². The quantitative estimate of drug-likeness (QED) is 0.912. The van der Waals surface area contributed by atoms with E-state index in [2.05, 4.69) is 10.3 Å². The molecule has 19 heavy (non-hydrogen) atoms. The standard InChI is InChI=1S/C13H13ClN2O2S/c1-8-4-9(14)2-3-11(8)16-12(18)5-13-15-10(6-17)7-19-13/h2-4,7,17H,5-6H2,1H3,(H,16,18). The largest absolute Gasteiger partial charge is 0.390 e. The molecular formula is C13H13ClN2O2S. The number of aryl methyl sites for hydroxylation is 1. The average molecular weight is 297 g/mol. The lowest BCUT2D eigenvalue weighted by atomic mass is 10.2. The summed E-state index contributed by atoms with van der Waals surface area (Å²) in [5.74, 6) is -0.135. The van der Waals surface area contributed by atoms with Gasteiger partial charge in [-0.3, -0.25) is 4.79 Å². The lowest BCUT2D eigenvalue weighted by Crippen LogP contribution is -2.15. The summed E-state index contributed by atoms with van der Waals surface area (Å²) in [5.41, 5.74) is 2.25. The number of carbonyl (C=O) groups excluding carboxylic acids is 1. The van der Waals surface area contributed by atoms with Crippen LogP contribution in [0.15, 0.2) is 23.6 Å². The monoisotopic (exact) mass is 296 g/mol. The van der Waals surface area contributed by atoms with Crippen molar-refractivity contribution in [3.8, 4) is 0 Å². The number of aromatic nitrogens is 1. The van der Waals surface area contributed by atoms with Gasteiger partial charge in [0.1, 0.15) is 5.01 Å². The fourth-order valence-corrected chi connectivity index (χ4v) is 2.61. The van der Waals surface area contributed by atoms with Crippen LogP contribution in [-0.2, 0) is 17.8 Å². The van der Waals surface area contributed by atoms with Crippen LogP contribution in [0, 0.1) is 6.92 Å². The van der Waals surface area contributed by atoms with Crippen LogP contribution in [0.2, 0.25) is 5.02 Å². The number of carbonyl (C=O) groups is 1. The van der Waals surface area contributed by atoms with E-state index >= 15 is 0 Å². The highest BCUT2D eigenvalue weighted by Gasteiger charge is 2.09. The van der Waals surface area contributed by atoms with Gasteiger partial charge in [0.15, 0.2) is 0 Å². The third-order valence-corrected chi connectivity index (χ3v) is 3.67. The number of nitrogens with zero attached hydrogens (tertiary/aromatic N) is 1. The molecule has 2 rings (SSSR count). The Bertz CT molecular complexity index is 598. The minimum Gasteiger partial charge on any atom is -0.390 e. The van der Waals surface area contributed by atoms with Crippen molar-refractivity contribution in [2.45, 2.75) is 20.0 Å². The smallest absolute Gasteiger partial charge is 0.231 e. The van der Waals surface area contributed by atoms with Crippen LogP contribution >= 0.6 is 22.9 Å². The van der Waals surface area contributed by atoms with Crippen molar-refractivity contribution in [3.05, 3.63) is 44.9 Å². The van der Waals surface area contributed by atoms with Gasteiger partial charge in [0.2, 0.25) is 5.91 Å². The zero-order valence-electron chi connectivity index (χ0n) is 10.3. The van der Waals surface area contributed by atoms with Crippen molar-refractivity contribution in [3.63, 3.8) is 0 Å². The summed E-state index contributed by atoms with van der Waals surface area (Å²) in [7, 11) is 0. The number of hydrogen-bond donors (Lipinski definition) is 2. The van der Waals surface area contributed by atoms with E-state index in [0.717, 1.165) is 11.3 Å². The third kappa shape index (κ3) is 3.76. The zero-order chi connectivity index (χ0) is 13.8. The Morgan fingerprint density at radius 1 is 1.53 bits per heavy atom. The first-order chi connectivity index (χ1) is 9.08. The number of thiazole rings is 1. The number of hydrogen-bond acceptors (Lipinski definition) is 4. The second-order valence-electron chi connectivity index (χ2n) is 4.07. The summed E-state index contributed by atoms with van der Waals surface area (Å²) in [5, 5.41) is 14.8. The summed E-state index contributed by atoms with van der Waals surface area (Å²) >= 11 is 7.22. The number of halogens is 1. The molecule has 0 aliphatic carbocycles. The van der Waals surface area contributed by atoms with E-state index in [4.69, 9.17) is 16.7 Å². The molecule has 100 valence electrons. The number of rotatable bonds is 4. The molecule has 0 aliphatic heterocycles. The molecule has 2 N–H and O–H groups in total. The molecule has 4 nitrogen and oxygen atoms in total. The molecule has 1 heterocycles. The van der Waals surface area contributed by atoms with Gasteiger partial charge in [-0.1, -0.05) is 11.6 Å². The van der Waals surface area contributed by atoms with Crippen LogP contribution in [-0.4, -0.2) is 16.0 Å². The molecule has 0 spiro atoms. The number of amides is 1. The fraction of sp³-hybridized carbons (Fsp3) is 0.231. The Labute approximate surface area is 120 Å². The highest BCUT2D eigenvalue weighted by molar-refractivity contribution is 7.09. The minimum absolute atomic E-state index is 0.103. The molecule has 0 bridgehead atoms. The van der Waals surface area contributed by atoms with Crippen molar-refractivity contribution < 1.29 is 9.90 Å². The van der Waals surface area contributed by atoms with Gasteiger partial charge in [-0.05, 0) is 30.7 Å². The summed E-state index contributed by atoms with van der Waals surface area (Å²) in [6, 6.07) is 5.30. The Balaban J connectivity index is 2.01. The fourth-order valence-electron chi connectivity index (χ4n) is 1.60. The van der Waals surface area contributed by atoms with Crippen LogP contribution in [0.4, 0.5) is 5.69 Å². The minimum atomic E-state index is -0.135. The van der Waals surface area contributed by atoms with Crippen molar-refractivity contribution in [1.29, 1.82) is 0 Å². The average Bonchev–Trinajstić information content (AvgIpc) is 2.80. The highest BCUT2D eigenvalue weighted by Crippen LogP contribution is 2.20. The third-order valence-electron chi connectivity index (χ3n) is 2.54. The van der Waals surface area contributed by atoms with E-state index < -0.39 is 0 Å². The normalized spacial score (nSPS) is 10.5.